The Bertz CT molecular complexity index is 2520. The minimum absolute atomic E-state index is 0.0324. The number of hydrogen-bond donors (Lipinski definition) is 4. The third-order valence-electron chi connectivity index (χ3n) is 11.8. The van der Waals surface area contributed by atoms with Gasteiger partial charge in [-0.25, -0.2) is 8.42 Å². The first-order valence-corrected chi connectivity index (χ1v) is 26.3. The standard InChI is InChI=1S/C25H36BN5O5S.C24H35N5O4S/c1-25(2,14-7-15-29-30-27)18-31(37(34,35)22-12-10-21(36-3)11-13-22)17-24(32)23(28-19-26-33)16-20-8-5-4-6-9-20;1-24(2,14-7-15-27-28-26)18-29(34(31,32)21-12-10-20(33-3)11-13-21)17-23(30)22(25)16-19-8-5-4-6-9-19/h4-6,8-13,23-24,28,32H,7,14-19H2,1-3H3;4-6,8-13,22-23,30H,7,14-18,25H2,1-3H3/t23-,24?;22-,23?/m00/s1. The van der Waals surface area contributed by atoms with Gasteiger partial charge in [0.25, 0.3) is 0 Å². The fraction of sp³-hybridized carbons (Fsp3) is 0.510. The quantitative estimate of drug-likeness (QED) is 0.0130. The predicted octanol–water partition coefficient (Wildman–Crippen LogP) is 7.11. The molecule has 0 saturated heterocycles. The van der Waals surface area contributed by atoms with Crippen molar-refractivity contribution in [2.24, 2.45) is 26.8 Å². The molecule has 386 valence electrons. The van der Waals surface area contributed by atoms with Crippen LogP contribution < -0.4 is 20.5 Å². The van der Waals surface area contributed by atoms with E-state index in [1.54, 1.807) is 24.3 Å². The molecule has 4 rings (SSSR count). The Balaban J connectivity index is 0.000000377. The number of aliphatic hydroxyl groups is 2. The number of sulfonamides is 2. The van der Waals surface area contributed by atoms with Gasteiger partial charge in [-0.3, -0.25) is 0 Å². The second-order valence-electron chi connectivity index (χ2n) is 18.8. The number of nitrogens with one attached hydrogen (secondary N) is 1. The number of azide groups is 2. The van der Waals surface area contributed by atoms with Crippen LogP contribution in [0.4, 0.5) is 0 Å². The van der Waals surface area contributed by atoms with Crippen LogP contribution in [0.3, 0.4) is 0 Å². The Kier molecular flexibility index (Phi) is 25.2. The molecule has 0 aliphatic heterocycles. The van der Waals surface area contributed by atoms with Gasteiger partial charge in [-0.2, -0.15) is 4.31 Å². The van der Waals surface area contributed by atoms with E-state index in [-0.39, 0.29) is 42.4 Å². The van der Waals surface area contributed by atoms with Gasteiger partial charge in [-0.05, 0) is 65.6 Å². The number of nitrogens with zero attached hydrogens (tertiary/aromatic N) is 8. The van der Waals surface area contributed by atoms with E-state index in [0.717, 1.165) is 11.1 Å². The Morgan fingerprint density at radius 2 is 1.06 bits per heavy atom. The third kappa shape index (κ3) is 20.7. The van der Waals surface area contributed by atoms with Crippen molar-refractivity contribution in [3.63, 3.8) is 0 Å². The first kappa shape index (κ1) is 59.9. The topological polar surface area (TPSA) is 286 Å². The molecule has 0 aromatic heterocycles. The van der Waals surface area contributed by atoms with Crippen molar-refractivity contribution in [1.29, 1.82) is 0 Å². The molecule has 0 heterocycles. The van der Waals surface area contributed by atoms with Gasteiger partial charge in [0.05, 0.1) is 25.2 Å². The molecule has 0 spiro atoms. The van der Waals surface area contributed by atoms with Gasteiger partial charge in [0.1, 0.15) is 5.75 Å². The molecule has 0 aliphatic rings. The summed E-state index contributed by atoms with van der Waals surface area (Å²) in [5.41, 5.74) is 24.3. The second-order valence-corrected chi connectivity index (χ2v) is 22.6. The summed E-state index contributed by atoms with van der Waals surface area (Å²) in [6.07, 6.45) is 1.22. The Morgan fingerprint density at radius 3 is 1.44 bits per heavy atom. The fourth-order valence-electron chi connectivity index (χ4n) is 7.86. The van der Waals surface area contributed by atoms with Crippen LogP contribution in [0.2, 0.25) is 0 Å². The average molecular weight is 1020 g/mol. The fourth-order valence-corrected chi connectivity index (χ4v) is 11.2. The van der Waals surface area contributed by atoms with Crippen molar-refractivity contribution >= 4 is 27.2 Å². The SMILES string of the molecule is COc1ccc(S(=O)(=O)N(CC(O)[C@@H](N)Cc2ccccc2)CC(C)(C)CCCN=[N+]=[N-])cc1.COc1ccc(S(=O)(=O)N(CC(O)[C@H](Cc2ccccc2)NCB=O)CC(C)(C)CCCN=[N+]=[N-])cc1. The van der Waals surface area contributed by atoms with Gasteiger partial charge in [-0.15, -0.1) is 0 Å². The zero-order chi connectivity index (χ0) is 52.5. The first-order chi connectivity index (χ1) is 33.7. The van der Waals surface area contributed by atoms with E-state index in [1.807, 2.05) is 88.4 Å². The number of methoxy groups -OCH3 is 2. The van der Waals surface area contributed by atoms with E-state index >= 15 is 0 Å². The number of aliphatic hydroxyl groups excluding tert-OH is 2. The van der Waals surface area contributed by atoms with Crippen molar-refractivity contribution in [2.45, 2.75) is 100 Å². The number of rotatable bonds is 31. The first-order valence-electron chi connectivity index (χ1n) is 23.4. The van der Waals surface area contributed by atoms with E-state index in [0.29, 0.717) is 70.3 Å². The molecule has 71 heavy (non-hydrogen) atoms. The van der Waals surface area contributed by atoms with Gasteiger partial charge < -0.3 is 15.6 Å². The van der Waals surface area contributed by atoms with Crippen LogP contribution in [0.25, 0.3) is 20.9 Å². The van der Waals surface area contributed by atoms with Crippen LogP contribution in [-0.2, 0) is 37.6 Å². The molecule has 0 fully saturated rings. The number of hydrogen-bond acceptors (Lipinski definition) is 13. The number of ether oxygens (including phenoxy) is 2. The summed E-state index contributed by atoms with van der Waals surface area (Å²) >= 11 is 0. The van der Waals surface area contributed by atoms with Gasteiger partial charge in [-0.1, -0.05) is 49.3 Å². The summed E-state index contributed by atoms with van der Waals surface area (Å²) in [6, 6.07) is 30.1. The molecule has 4 aromatic carbocycles. The van der Waals surface area contributed by atoms with E-state index in [1.165, 1.54) is 47.1 Å². The third-order valence-corrected chi connectivity index (χ3v) is 15.4. The monoisotopic (exact) mass is 1020 g/mol. The Morgan fingerprint density at radius 1 is 0.662 bits per heavy atom. The summed E-state index contributed by atoms with van der Waals surface area (Å²) in [6.45, 7) is 8.47. The zero-order valence-corrected chi connectivity index (χ0v) is 43.3. The van der Waals surface area contributed by atoms with Gasteiger partial charge in [0, 0.05) is 35.5 Å². The van der Waals surface area contributed by atoms with Gasteiger partial charge in [0.2, 0.25) is 10.0 Å². The average Bonchev–Trinajstić information content (AvgIpc) is 3.35. The summed E-state index contributed by atoms with van der Waals surface area (Å²) in [4.78, 5) is 5.74. The van der Waals surface area contributed by atoms with Crippen molar-refractivity contribution in [3.05, 3.63) is 141 Å². The Hall–Kier alpha value is -5.38. The van der Waals surface area contributed by atoms with Crippen LogP contribution in [0.1, 0.15) is 64.5 Å². The number of nitrogens with two attached hydrogens (primary N) is 1. The summed E-state index contributed by atoms with van der Waals surface area (Å²) in [5, 5.41) is 32.3. The maximum atomic E-state index is 13.7. The molecular weight excluding hydrogens is 948 g/mol. The van der Waals surface area contributed by atoms with Gasteiger partial charge >= 0.3 is 202 Å². The molecule has 4 atom stereocenters. The van der Waals surface area contributed by atoms with Crippen LogP contribution in [0.5, 0.6) is 11.5 Å². The summed E-state index contributed by atoms with van der Waals surface area (Å²) in [7, 11) is -4.16. The molecular formula is C49H71BN10O9S2. The number of benzene rings is 4. The molecule has 4 aromatic rings. The van der Waals surface area contributed by atoms with Crippen LogP contribution in [0, 0.1) is 10.8 Å². The molecule has 0 amide bonds. The maximum absolute atomic E-state index is 13.7. The van der Waals surface area contributed by atoms with Crippen molar-refractivity contribution in [1.82, 2.24) is 13.9 Å². The molecule has 5 N–H and O–H groups in total. The van der Waals surface area contributed by atoms with Crippen LogP contribution >= 0.6 is 0 Å². The second kappa shape index (κ2) is 29.8. The van der Waals surface area contributed by atoms with Gasteiger partial charge in [0.15, 0.2) is 0 Å². The van der Waals surface area contributed by atoms with Crippen molar-refractivity contribution in [2.75, 3.05) is 59.9 Å². The molecule has 2 unspecified atom stereocenters. The minimum atomic E-state index is -3.98. The summed E-state index contributed by atoms with van der Waals surface area (Å²) in [5.74, 6) is 1.08. The van der Waals surface area contributed by atoms with Crippen molar-refractivity contribution < 1.29 is 41.2 Å². The van der Waals surface area contributed by atoms with E-state index < -0.39 is 55.2 Å². The normalized spacial score (nSPS) is 13.6. The van der Waals surface area contributed by atoms with E-state index in [4.69, 9.17) is 26.3 Å². The van der Waals surface area contributed by atoms with E-state index in [2.05, 4.69) is 25.4 Å². The predicted molar refractivity (Wildman–Crippen MR) is 276 cm³/mol. The molecule has 0 aliphatic carbocycles. The van der Waals surface area contributed by atoms with Crippen LogP contribution in [0.15, 0.2) is 129 Å². The zero-order valence-electron chi connectivity index (χ0n) is 41.7. The molecule has 22 heteroatoms. The molecule has 19 nitrogen and oxygen atoms in total. The molecule has 0 saturated carbocycles. The molecule has 0 bridgehead atoms. The van der Waals surface area contributed by atoms with Crippen LogP contribution in [-0.4, -0.2) is 127 Å². The Labute approximate surface area is 420 Å². The van der Waals surface area contributed by atoms with E-state index in [9.17, 15) is 31.8 Å². The molecule has 0 radical (unpaired) electrons. The van der Waals surface area contributed by atoms with Crippen molar-refractivity contribution in [3.8, 4) is 11.5 Å². The summed E-state index contributed by atoms with van der Waals surface area (Å²) < 4.78 is 78.6.